The highest BCUT2D eigenvalue weighted by atomic mass is 16.1. The highest BCUT2D eigenvalue weighted by Crippen LogP contribution is 2.32. The van der Waals surface area contributed by atoms with E-state index in [1.807, 2.05) is 0 Å². The number of nitrogens with two attached hydrogens (primary N) is 1. The van der Waals surface area contributed by atoms with Gasteiger partial charge in [0.1, 0.15) is 0 Å². The molecule has 2 aliphatic rings. The number of hydrogen-bond acceptors (Lipinski definition) is 2. The Morgan fingerprint density at radius 2 is 1.93 bits per heavy atom. The third-order valence-corrected chi connectivity index (χ3v) is 3.34. The molecule has 0 bridgehead atoms. The van der Waals surface area contributed by atoms with Crippen molar-refractivity contribution < 1.29 is 4.79 Å². The van der Waals surface area contributed by atoms with Gasteiger partial charge in [-0.3, -0.25) is 4.79 Å². The summed E-state index contributed by atoms with van der Waals surface area (Å²) in [5.74, 6) is 0.893. The molecular weight excluding hydrogens is 176 g/mol. The van der Waals surface area contributed by atoms with Crippen molar-refractivity contribution in [2.24, 2.45) is 11.7 Å². The van der Waals surface area contributed by atoms with Gasteiger partial charge in [0.25, 0.3) is 0 Å². The minimum atomic E-state index is 0.187. The van der Waals surface area contributed by atoms with E-state index in [-0.39, 0.29) is 18.0 Å². The van der Waals surface area contributed by atoms with Gasteiger partial charge in [-0.05, 0) is 31.6 Å². The number of rotatable bonds is 3. The van der Waals surface area contributed by atoms with Crippen LogP contribution in [0.25, 0.3) is 0 Å². The van der Waals surface area contributed by atoms with Gasteiger partial charge in [0.2, 0.25) is 5.91 Å². The lowest BCUT2D eigenvalue weighted by molar-refractivity contribution is -0.122. The molecule has 2 fully saturated rings. The molecule has 0 unspecified atom stereocenters. The first-order chi connectivity index (χ1) is 6.75. The fourth-order valence-electron chi connectivity index (χ4n) is 2.19. The molecule has 0 radical (unpaired) electrons. The molecular formula is C11H20N2O. The Balaban J connectivity index is 1.73. The van der Waals surface area contributed by atoms with Crippen LogP contribution in [0.4, 0.5) is 0 Å². The molecule has 3 N–H and O–H groups in total. The molecule has 0 heterocycles. The Kier molecular flexibility index (Phi) is 3.06. The molecule has 80 valence electrons. The summed E-state index contributed by atoms with van der Waals surface area (Å²) in [5.41, 5.74) is 5.96. The van der Waals surface area contributed by atoms with Crippen LogP contribution in [0, 0.1) is 5.92 Å². The average Bonchev–Trinajstić information content (AvgIpc) is 2.93. The van der Waals surface area contributed by atoms with Crippen LogP contribution in [0.5, 0.6) is 0 Å². The summed E-state index contributed by atoms with van der Waals surface area (Å²) in [6.45, 7) is 0. The Morgan fingerprint density at radius 3 is 2.57 bits per heavy atom. The molecule has 0 spiro atoms. The minimum absolute atomic E-state index is 0.187. The van der Waals surface area contributed by atoms with Gasteiger partial charge < -0.3 is 11.1 Å². The van der Waals surface area contributed by atoms with Crippen molar-refractivity contribution in [1.82, 2.24) is 5.32 Å². The molecule has 0 aromatic carbocycles. The van der Waals surface area contributed by atoms with Crippen LogP contribution in [0.2, 0.25) is 0 Å². The Hall–Kier alpha value is -0.570. The molecule has 3 nitrogen and oxygen atoms in total. The molecule has 1 amide bonds. The second-order valence-corrected chi connectivity index (χ2v) is 4.77. The summed E-state index contributed by atoms with van der Waals surface area (Å²) < 4.78 is 0. The molecule has 2 saturated carbocycles. The van der Waals surface area contributed by atoms with Crippen LogP contribution in [0.15, 0.2) is 0 Å². The van der Waals surface area contributed by atoms with E-state index in [1.165, 1.54) is 25.7 Å². The molecule has 3 heteroatoms. The first kappa shape index (κ1) is 9.97. The van der Waals surface area contributed by atoms with Gasteiger partial charge in [-0.2, -0.15) is 0 Å². The van der Waals surface area contributed by atoms with Gasteiger partial charge >= 0.3 is 0 Å². The lowest BCUT2D eigenvalue weighted by Gasteiger charge is -2.29. The minimum Gasteiger partial charge on any atom is -0.352 e. The van der Waals surface area contributed by atoms with Gasteiger partial charge in [0.05, 0.1) is 0 Å². The summed E-state index contributed by atoms with van der Waals surface area (Å²) >= 11 is 0. The van der Waals surface area contributed by atoms with Crippen molar-refractivity contribution in [3.8, 4) is 0 Å². The number of carbonyl (C=O) groups excluding carboxylic acids is 1. The van der Waals surface area contributed by atoms with Crippen molar-refractivity contribution in [2.45, 2.75) is 57.0 Å². The van der Waals surface area contributed by atoms with E-state index in [0.717, 1.165) is 19.3 Å². The smallest absolute Gasteiger partial charge is 0.220 e. The zero-order valence-corrected chi connectivity index (χ0v) is 8.67. The number of hydrogen-bond donors (Lipinski definition) is 2. The Labute approximate surface area is 85.4 Å². The topological polar surface area (TPSA) is 55.1 Å². The van der Waals surface area contributed by atoms with Crippen molar-refractivity contribution >= 4 is 5.91 Å². The van der Waals surface area contributed by atoms with Gasteiger partial charge in [-0.15, -0.1) is 0 Å². The van der Waals surface area contributed by atoms with Crippen molar-refractivity contribution in [3.63, 3.8) is 0 Å². The number of amides is 1. The summed E-state index contributed by atoms with van der Waals surface area (Å²) in [6, 6.07) is 0.432. The van der Waals surface area contributed by atoms with Gasteiger partial charge in [0, 0.05) is 18.5 Å². The summed E-state index contributed by atoms with van der Waals surface area (Å²) in [5, 5.41) is 3.08. The molecule has 2 rings (SSSR count). The van der Waals surface area contributed by atoms with E-state index in [4.69, 9.17) is 5.73 Å². The third-order valence-electron chi connectivity index (χ3n) is 3.34. The lowest BCUT2D eigenvalue weighted by Crippen LogP contribution is -2.49. The maximum Gasteiger partial charge on any atom is 0.220 e. The zero-order valence-electron chi connectivity index (χ0n) is 8.67. The molecule has 14 heavy (non-hydrogen) atoms. The van der Waals surface area contributed by atoms with Crippen molar-refractivity contribution in [3.05, 3.63) is 0 Å². The fraction of sp³-hybridized carbons (Fsp3) is 0.909. The number of carbonyl (C=O) groups is 1. The van der Waals surface area contributed by atoms with E-state index in [9.17, 15) is 4.79 Å². The molecule has 0 saturated heterocycles. The quantitative estimate of drug-likeness (QED) is 0.712. The predicted molar refractivity (Wildman–Crippen MR) is 55.7 cm³/mol. The van der Waals surface area contributed by atoms with Crippen LogP contribution >= 0.6 is 0 Å². The van der Waals surface area contributed by atoms with E-state index < -0.39 is 0 Å². The van der Waals surface area contributed by atoms with E-state index in [1.54, 1.807) is 0 Å². The third kappa shape index (κ3) is 2.71. The maximum atomic E-state index is 11.5. The standard InChI is InChI=1S/C11H20N2O/c12-9-3-1-2-4-10(9)13-11(14)7-8-5-6-8/h8-10H,1-7,12H2,(H,13,14)/t9-,10-/m1/s1. The van der Waals surface area contributed by atoms with Crippen molar-refractivity contribution in [1.29, 1.82) is 0 Å². The van der Waals surface area contributed by atoms with Gasteiger partial charge in [-0.1, -0.05) is 12.8 Å². The first-order valence-corrected chi connectivity index (χ1v) is 5.80. The normalized spacial score (nSPS) is 32.6. The fourth-order valence-corrected chi connectivity index (χ4v) is 2.19. The van der Waals surface area contributed by atoms with E-state index in [2.05, 4.69) is 5.32 Å². The molecule has 2 aliphatic carbocycles. The predicted octanol–water partition coefficient (Wildman–Crippen LogP) is 1.17. The summed E-state index contributed by atoms with van der Waals surface area (Å²) in [6.07, 6.45) is 7.77. The lowest BCUT2D eigenvalue weighted by atomic mass is 9.91. The van der Waals surface area contributed by atoms with Gasteiger partial charge in [0.15, 0.2) is 0 Å². The second kappa shape index (κ2) is 4.30. The van der Waals surface area contributed by atoms with Crippen LogP contribution < -0.4 is 11.1 Å². The SMILES string of the molecule is N[C@@H]1CCCC[C@H]1NC(=O)CC1CC1. The summed E-state index contributed by atoms with van der Waals surface area (Å²) in [7, 11) is 0. The Morgan fingerprint density at radius 1 is 1.21 bits per heavy atom. The Bertz CT molecular complexity index is 213. The largest absolute Gasteiger partial charge is 0.352 e. The first-order valence-electron chi connectivity index (χ1n) is 5.80. The molecule has 0 aliphatic heterocycles. The van der Waals surface area contributed by atoms with Gasteiger partial charge in [-0.25, -0.2) is 0 Å². The zero-order chi connectivity index (χ0) is 9.97. The van der Waals surface area contributed by atoms with Crippen LogP contribution in [0.1, 0.15) is 44.9 Å². The second-order valence-electron chi connectivity index (χ2n) is 4.77. The van der Waals surface area contributed by atoms with Crippen LogP contribution in [0.3, 0.4) is 0 Å². The average molecular weight is 196 g/mol. The highest BCUT2D eigenvalue weighted by molar-refractivity contribution is 5.76. The maximum absolute atomic E-state index is 11.5. The van der Waals surface area contributed by atoms with Crippen LogP contribution in [-0.2, 0) is 4.79 Å². The van der Waals surface area contributed by atoms with E-state index >= 15 is 0 Å². The van der Waals surface area contributed by atoms with Crippen LogP contribution in [-0.4, -0.2) is 18.0 Å². The summed E-state index contributed by atoms with van der Waals surface area (Å²) in [4.78, 5) is 11.5. The molecule has 0 aromatic heterocycles. The number of nitrogens with one attached hydrogen (secondary N) is 1. The molecule has 0 aromatic rings. The monoisotopic (exact) mass is 196 g/mol. The van der Waals surface area contributed by atoms with E-state index in [0.29, 0.717) is 5.92 Å². The van der Waals surface area contributed by atoms with Crippen molar-refractivity contribution in [2.75, 3.05) is 0 Å². The highest BCUT2D eigenvalue weighted by Gasteiger charge is 2.27. The molecule has 2 atom stereocenters.